The first-order valence-corrected chi connectivity index (χ1v) is 20.8. The predicted molar refractivity (Wildman–Crippen MR) is 254 cm³/mol. The summed E-state index contributed by atoms with van der Waals surface area (Å²) in [6, 6.07) is 76.2. The van der Waals surface area contributed by atoms with Gasteiger partial charge in [-0.15, -0.1) is 0 Å². The maximum absolute atomic E-state index is 6.10. The lowest BCUT2D eigenvalue weighted by Gasteiger charge is -2.13. The minimum absolute atomic E-state index is 0.650. The number of furan rings is 1. The van der Waals surface area contributed by atoms with Crippen molar-refractivity contribution < 1.29 is 4.42 Å². The Labute approximate surface area is 357 Å². The van der Waals surface area contributed by atoms with Crippen molar-refractivity contribution in [1.29, 1.82) is 0 Å². The number of pyridine rings is 1. The van der Waals surface area contributed by atoms with E-state index in [1.54, 1.807) is 0 Å². The lowest BCUT2D eigenvalue weighted by atomic mass is 9.97. The van der Waals surface area contributed by atoms with Crippen LogP contribution in [0.3, 0.4) is 0 Å². The number of aromatic nitrogens is 4. The van der Waals surface area contributed by atoms with Gasteiger partial charge in [0, 0.05) is 49.5 Å². The second-order valence-electron chi connectivity index (χ2n) is 15.6. The molecule has 0 aliphatic carbocycles. The Hall–Kier alpha value is -8.41. The minimum Gasteiger partial charge on any atom is -0.456 e. The van der Waals surface area contributed by atoms with Crippen molar-refractivity contribution in [2.45, 2.75) is 0 Å². The first-order valence-electron chi connectivity index (χ1n) is 20.8. The summed E-state index contributed by atoms with van der Waals surface area (Å²) >= 11 is 0. The maximum atomic E-state index is 6.10. The summed E-state index contributed by atoms with van der Waals surface area (Å²) in [5.74, 6) is 0.650. The molecule has 0 aliphatic heterocycles. The SMILES string of the molecule is c1ccc(-c2cc(-c3ccc(-c4ccc5oc6ccccc6c5c4)cc3)nc(-c3cccc(-c4cc5ccccc5c5c(-c6ccccc6)c(-c6ccccc6)nn45)c3)n2)cc1. The summed E-state index contributed by atoms with van der Waals surface area (Å²) in [4.78, 5) is 10.5. The van der Waals surface area contributed by atoms with Gasteiger partial charge in [-0.1, -0.05) is 182 Å². The van der Waals surface area contributed by atoms with Crippen LogP contribution in [0.1, 0.15) is 0 Å². The number of benzene rings is 8. The van der Waals surface area contributed by atoms with Crippen molar-refractivity contribution >= 4 is 38.2 Å². The average Bonchev–Trinajstić information content (AvgIpc) is 3.94. The second-order valence-corrected chi connectivity index (χ2v) is 15.6. The molecule has 0 bridgehead atoms. The van der Waals surface area contributed by atoms with Gasteiger partial charge in [-0.2, -0.15) is 5.10 Å². The standard InChI is InChI=1S/C57H36N4O/c1-4-15-38(16-5-1)49-36-50(39-29-27-37(28-30-39)42-31-32-53-48(34-42)47-25-12-13-26-52(47)62-53)59-57(58-49)45-23-14-22-44(33-45)51-35-43-21-10-11-24-46(43)56-54(40-17-6-2-7-18-40)55(60-61(51)56)41-19-8-3-9-20-41/h1-36H. The summed E-state index contributed by atoms with van der Waals surface area (Å²) in [5.41, 5.74) is 16.0. The van der Waals surface area contributed by atoms with E-state index in [1.807, 2.05) is 24.3 Å². The van der Waals surface area contributed by atoms with Crippen LogP contribution in [-0.4, -0.2) is 19.6 Å². The van der Waals surface area contributed by atoms with E-state index in [0.717, 1.165) is 111 Å². The third kappa shape index (κ3) is 6.14. The summed E-state index contributed by atoms with van der Waals surface area (Å²) in [6.07, 6.45) is 0. The van der Waals surface area contributed by atoms with Crippen LogP contribution >= 0.6 is 0 Å². The molecule has 0 fully saturated rings. The van der Waals surface area contributed by atoms with E-state index >= 15 is 0 Å². The molecule has 0 saturated heterocycles. The van der Waals surface area contributed by atoms with Gasteiger partial charge in [-0.05, 0) is 58.5 Å². The third-order valence-electron chi connectivity index (χ3n) is 11.8. The van der Waals surface area contributed by atoms with Gasteiger partial charge in [0.25, 0.3) is 0 Å². The molecular weight excluding hydrogens is 757 g/mol. The Morgan fingerprint density at radius 1 is 0.355 bits per heavy atom. The smallest absolute Gasteiger partial charge is 0.160 e. The van der Waals surface area contributed by atoms with Crippen molar-refractivity contribution in [3.05, 3.63) is 218 Å². The first-order chi connectivity index (χ1) is 30.7. The highest BCUT2D eigenvalue weighted by atomic mass is 16.3. The van der Waals surface area contributed by atoms with Crippen LogP contribution in [0.4, 0.5) is 0 Å². The second kappa shape index (κ2) is 14.7. The van der Waals surface area contributed by atoms with Gasteiger partial charge in [-0.3, -0.25) is 0 Å². The van der Waals surface area contributed by atoms with Gasteiger partial charge in [-0.25, -0.2) is 14.5 Å². The van der Waals surface area contributed by atoms with Gasteiger partial charge < -0.3 is 4.42 Å². The van der Waals surface area contributed by atoms with E-state index < -0.39 is 0 Å². The number of hydrogen-bond acceptors (Lipinski definition) is 4. The first kappa shape index (κ1) is 35.5. The van der Waals surface area contributed by atoms with Gasteiger partial charge in [0.1, 0.15) is 16.9 Å². The summed E-state index contributed by atoms with van der Waals surface area (Å²) in [6.45, 7) is 0. The zero-order valence-corrected chi connectivity index (χ0v) is 33.5. The van der Waals surface area contributed by atoms with Crippen molar-refractivity contribution in [2.75, 3.05) is 0 Å². The van der Waals surface area contributed by atoms with E-state index in [-0.39, 0.29) is 0 Å². The van der Waals surface area contributed by atoms with E-state index in [9.17, 15) is 0 Å². The largest absolute Gasteiger partial charge is 0.456 e. The Morgan fingerprint density at radius 3 is 1.68 bits per heavy atom. The van der Waals surface area contributed by atoms with Crippen LogP contribution < -0.4 is 0 Å². The molecule has 12 rings (SSSR count). The van der Waals surface area contributed by atoms with Crippen molar-refractivity contribution in [1.82, 2.24) is 19.6 Å². The zero-order valence-electron chi connectivity index (χ0n) is 33.5. The third-order valence-corrected chi connectivity index (χ3v) is 11.8. The molecule has 4 aromatic heterocycles. The molecule has 4 heterocycles. The molecule has 0 spiro atoms. The van der Waals surface area contributed by atoms with Crippen molar-refractivity contribution in [3.63, 3.8) is 0 Å². The van der Waals surface area contributed by atoms with E-state index in [4.69, 9.17) is 19.5 Å². The van der Waals surface area contributed by atoms with Gasteiger partial charge in [0.2, 0.25) is 0 Å². The Kier molecular flexibility index (Phi) is 8.42. The minimum atomic E-state index is 0.650. The predicted octanol–water partition coefficient (Wildman–Crippen LogP) is 14.8. The van der Waals surface area contributed by atoms with Crippen LogP contribution in [0.2, 0.25) is 0 Å². The molecule has 0 radical (unpaired) electrons. The molecule has 290 valence electrons. The summed E-state index contributed by atoms with van der Waals surface area (Å²) in [7, 11) is 0. The Morgan fingerprint density at radius 2 is 0.919 bits per heavy atom. The number of fused-ring (bicyclic) bond motifs is 6. The van der Waals surface area contributed by atoms with Crippen LogP contribution in [0.25, 0.3) is 117 Å². The number of rotatable bonds is 7. The highest BCUT2D eigenvalue weighted by Crippen LogP contribution is 2.41. The van der Waals surface area contributed by atoms with E-state index in [2.05, 4.69) is 199 Å². The van der Waals surface area contributed by atoms with Crippen LogP contribution in [0.15, 0.2) is 223 Å². The molecule has 5 nitrogen and oxygen atoms in total. The Bertz CT molecular complexity index is 3610. The molecule has 12 aromatic rings. The number of para-hydroxylation sites is 1. The quantitative estimate of drug-likeness (QED) is 0.161. The van der Waals surface area contributed by atoms with E-state index in [1.165, 1.54) is 0 Å². The molecule has 0 N–H and O–H groups in total. The average molecular weight is 793 g/mol. The lowest BCUT2D eigenvalue weighted by Crippen LogP contribution is -1.98. The molecule has 5 heteroatoms. The fourth-order valence-corrected chi connectivity index (χ4v) is 8.81. The monoisotopic (exact) mass is 792 g/mol. The van der Waals surface area contributed by atoms with Gasteiger partial charge >= 0.3 is 0 Å². The van der Waals surface area contributed by atoms with Crippen LogP contribution in [0.5, 0.6) is 0 Å². The highest BCUT2D eigenvalue weighted by molar-refractivity contribution is 6.09. The van der Waals surface area contributed by atoms with E-state index in [0.29, 0.717) is 5.82 Å². The molecule has 62 heavy (non-hydrogen) atoms. The number of nitrogens with zero attached hydrogens (tertiary/aromatic N) is 4. The van der Waals surface area contributed by atoms with Crippen LogP contribution in [0, 0.1) is 0 Å². The lowest BCUT2D eigenvalue weighted by molar-refractivity contribution is 0.669. The zero-order chi connectivity index (χ0) is 41.0. The molecular formula is C57H36N4O. The van der Waals surface area contributed by atoms with Crippen molar-refractivity contribution in [3.8, 4) is 78.7 Å². The van der Waals surface area contributed by atoms with Gasteiger partial charge in [0.05, 0.1) is 22.6 Å². The van der Waals surface area contributed by atoms with Crippen LogP contribution in [-0.2, 0) is 0 Å². The fourth-order valence-electron chi connectivity index (χ4n) is 8.81. The number of hydrogen-bond donors (Lipinski definition) is 0. The molecule has 0 amide bonds. The molecule has 0 saturated carbocycles. The van der Waals surface area contributed by atoms with Crippen molar-refractivity contribution in [2.24, 2.45) is 0 Å². The van der Waals surface area contributed by atoms with Gasteiger partial charge in [0.15, 0.2) is 5.82 Å². The Balaban J connectivity index is 0.995. The normalized spacial score (nSPS) is 11.5. The molecule has 0 atom stereocenters. The maximum Gasteiger partial charge on any atom is 0.160 e. The highest BCUT2D eigenvalue weighted by Gasteiger charge is 2.22. The molecule has 8 aromatic carbocycles. The molecule has 0 unspecified atom stereocenters. The summed E-state index contributed by atoms with van der Waals surface area (Å²) < 4.78 is 8.24. The fraction of sp³-hybridized carbons (Fsp3) is 0. The topological polar surface area (TPSA) is 56.2 Å². The molecule has 0 aliphatic rings. The summed E-state index contributed by atoms with van der Waals surface area (Å²) in [5, 5.41) is 9.95.